The van der Waals surface area contributed by atoms with E-state index in [0.717, 1.165) is 61.5 Å². The molecule has 0 bridgehead atoms. The molecule has 3 heterocycles. The van der Waals surface area contributed by atoms with Crippen LogP contribution in [0, 0.1) is 0 Å². The molecule has 2 aromatic carbocycles. The van der Waals surface area contributed by atoms with Gasteiger partial charge in [0.1, 0.15) is 17.6 Å². The molecule has 6 nitrogen and oxygen atoms in total. The number of benzene rings is 2. The van der Waals surface area contributed by atoms with Gasteiger partial charge in [0, 0.05) is 56.2 Å². The van der Waals surface area contributed by atoms with E-state index in [1.165, 1.54) is 12.1 Å². The van der Waals surface area contributed by atoms with Crippen LogP contribution in [0.1, 0.15) is 30.4 Å². The van der Waals surface area contributed by atoms with Crippen molar-refractivity contribution in [1.82, 2.24) is 10.6 Å². The third-order valence-electron chi connectivity index (χ3n) is 6.71. The molecule has 2 saturated heterocycles. The van der Waals surface area contributed by atoms with Crippen molar-refractivity contribution in [3.63, 3.8) is 0 Å². The largest absolute Gasteiger partial charge is 0.490 e. The summed E-state index contributed by atoms with van der Waals surface area (Å²) in [6.45, 7) is 3.13. The molecule has 3 aliphatic rings. The summed E-state index contributed by atoms with van der Waals surface area (Å²) in [7, 11) is 0. The van der Waals surface area contributed by atoms with Crippen LogP contribution in [0.5, 0.6) is 11.5 Å². The first-order valence-electron chi connectivity index (χ1n) is 11.7. The summed E-state index contributed by atoms with van der Waals surface area (Å²) in [4.78, 5) is 14.6. The van der Waals surface area contributed by atoms with Gasteiger partial charge in [0.2, 0.25) is 0 Å². The number of alkyl halides is 3. The Morgan fingerprint density at radius 2 is 1.85 bits per heavy atom. The van der Waals surface area contributed by atoms with E-state index in [1.54, 1.807) is 0 Å². The van der Waals surface area contributed by atoms with Gasteiger partial charge >= 0.3 is 6.18 Å². The summed E-state index contributed by atoms with van der Waals surface area (Å²) in [6.07, 6.45) is -1.81. The predicted octanol–water partition coefficient (Wildman–Crippen LogP) is 3.53. The van der Waals surface area contributed by atoms with Crippen molar-refractivity contribution >= 4 is 11.6 Å². The van der Waals surface area contributed by atoms with E-state index in [1.807, 2.05) is 18.2 Å². The molecule has 3 aliphatic heterocycles. The number of hydrogen-bond donors (Lipinski definition) is 2. The molecule has 0 saturated carbocycles. The van der Waals surface area contributed by atoms with Crippen LogP contribution in [0.2, 0.25) is 0 Å². The third-order valence-corrected chi connectivity index (χ3v) is 6.71. The van der Waals surface area contributed by atoms with Gasteiger partial charge in [-0.05, 0) is 55.4 Å². The number of nitrogens with zero attached hydrogens (tertiary/aromatic N) is 1. The lowest BCUT2D eigenvalue weighted by atomic mass is 10.1. The lowest BCUT2D eigenvalue weighted by Gasteiger charge is -2.34. The van der Waals surface area contributed by atoms with Crippen molar-refractivity contribution in [2.75, 3.05) is 31.1 Å². The smallest absolute Gasteiger partial charge is 0.416 e. The summed E-state index contributed by atoms with van der Waals surface area (Å²) in [5.41, 5.74) is 1.12. The number of carbonyl (C=O) groups excluding carboxylic acids is 1. The molecule has 2 N–H and O–H groups in total. The Balaban J connectivity index is 1.12. The van der Waals surface area contributed by atoms with E-state index in [4.69, 9.17) is 9.47 Å². The highest BCUT2D eigenvalue weighted by molar-refractivity contribution is 5.83. The normalized spacial score (nSPS) is 22.9. The first kappa shape index (κ1) is 22.8. The minimum atomic E-state index is -4.32. The summed E-state index contributed by atoms with van der Waals surface area (Å²) < 4.78 is 50.4. The molecule has 0 aliphatic carbocycles. The maximum atomic E-state index is 12.8. The maximum absolute atomic E-state index is 12.8. The van der Waals surface area contributed by atoms with Gasteiger partial charge in [0.25, 0.3) is 5.91 Å². The monoisotopic (exact) mass is 475 g/mol. The number of ether oxygens (including phenoxy) is 2. The molecular weight excluding hydrogens is 447 g/mol. The second kappa shape index (κ2) is 9.37. The van der Waals surface area contributed by atoms with Gasteiger partial charge in [-0.25, -0.2) is 0 Å². The fourth-order valence-corrected chi connectivity index (χ4v) is 4.80. The van der Waals surface area contributed by atoms with Crippen molar-refractivity contribution in [3.8, 4) is 11.5 Å². The number of hydrogen-bond acceptors (Lipinski definition) is 5. The molecular formula is C25H28F3N3O3. The van der Waals surface area contributed by atoms with Gasteiger partial charge in [0.05, 0.1) is 5.56 Å². The summed E-state index contributed by atoms with van der Waals surface area (Å²) in [6, 6.07) is 11.1. The van der Waals surface area contributed by atoms with Gasteiger partial charge in [-0.15, -0.1) is 0 Å². The van der Waals surface area contributed by atoms with E-state index in [-0.39, 0.29) is 18.1 Å². The number of halogens is 3. The predicted molar refractivity (Wildman–Crippen MR) is 121 cm³/mol. The Morgan fingerprint density at radius 3 is 2.53 bits per heavy atom. The fourth-order valence-electron chi connectivity index (χ4n) is 4.80. The Kier molecular flexibility index (Phi) is 6.29. The zero-order valence-electron chi connectivity index (χ0n) is 18.7. The minimum Gasteiger partial charge on any atom is -0.490 e. The van der Waals surface area contributed by atoms with Crippen LogP contribution in [0.15, 0.2) is 42.5 Å². The number of nitrogens with one attached hydrogen (secondary N) is 2. The molecule has 2 fully saturated rings. The van der Waals surface area contributed by atoms with Crippen molar-refractivity contribution in [1.29, 1.82) is 0 Å². The first-order chi connectivity index (χ1) is 16.3. The van der Waals surface area contributed by atoms with Crippen LogP contribution >= 0.6 is 0 Å². The fraction of sp³-hybridized carbons (Fsp3) is 0.480. The molecule has 2 aromatic rings. The van der Waals surface area contributed by atoms with E-state index < -0.39 is 17.8 Å². The summed E-state index contributed by atoms with van der Waals surface area (Å²) >= 11 is 0. The molecule has 182 valence electrons. The summed E-state index contributed by atoms with van der Waals surface area (Å²) in [5, 5.41) is 6.28. The number of rotatable bonds is 5. The van der Waals surface area contributed by atoms with Crippen molar-refractivity contribution in [3.05, 3.63) is 53.6 Å². The van der Waals surface area contributed by atoms with Crippen LogP contribution in [-0.4, -0.2) is 50.3 Å². The average molecular weight is 476 g/mol. The van der Waals surface area contributed by atoms with E-state index in [2.05, 4.69) is 15.5 Å². The Bertz CT molecular complexity index is 1010. The SMILES string of the molecule is O=C(N[C@@H]1CCNC1)C1Cc2cc(OC3CCN(c4ccc(C(F)(F)F)cc4)CC3)ccc2O1. The zero-order valence-corrected chi connectivity index (χ0v) is 18.7. The van der Waals surface area contributed by atoms with Crippen LogP contribution < -0.4 is 25.0 Å². The molecule has 9 heteroatoms. The molecule has 1 unspecified atom stereocenters. The number of anilines is 1. The van der Waals surface area contributed by atoms with E-state index in [9.17, 15) is 18.0 Å². The summed E-state index contributed by atoms with van der Waals surface area (Å²) in [5.74, 6) is 1.38. The van der Waals surface area contributed by atoms with Gasteiger partial charge in [0.15, 0.2) is 6.10 Å². The highest BCUT2D eigenvalue weighted by Gasteiger charge is 2.32. The topological polar surface area (TPSA) is 62.8 Å². The maximum Gasteiger partial charge on any atom is 0.416 e. The highest BCUT2D eigenvalue weighted by atomic mass is 19.4. The van der Waals surface area contributed by atoms with Crippen molar-refractivity contribution in [2.24, 2.45) is 0 Å². The van der Waals surface area contributed by atoms with Gasteiger partial charge in [-0.3, -0.25) is 4.79 Å². The molecule has 34 heavy (non-hydrogen) atoms. The van der Waals surface area contributed by atoms with Crippen LogP contribution in [0.4, 0.5) is 18.9 Å². The molecule has 2 atom stereocenters. The quantitative estimate of drug-likeness (QED) is 0.693. The average Bonchev–Trinajstić information content (AvgIpc) is 3.49. The Morgan fingerprint density at radius 1 is 1.09 bits per heavy atom. The van der Waals surface area contributed by atoms with Crippen molar-refractivity contribution in [2.45, 2.75) is 50.1 Å². The number of carbonyl (C=O) groups is 1. The highest BCUT2D eigenvalue weighted by Crippen LogP contribution is 2.34. The van der Waals surface area contributed by atoms with E-state index >= 15 is 0 Å². The lowest BCUT2D eigenvalue weighted by Crippen LogP contribution is -2.44. The Hall–Kier alpha value is -2.94. The lowest BCUT2D eigenvalue weighted by molar-refractivity contribution is -0.137. The number of fused-ring (bicyclic) bond motifs is 1. The van der Waals surface area contributed by atoms with Crippen LogP contribution in [0.25, 0.3) is 0 Å². The second-order valence-corrected chi connectivity index (χ2v) is 9.13. The molecule has 1 amide bonds. The molecule has 5 rings (SSSR count). The number of amides is 1. The standard InChI is InChI=1S/C25H28F3N3O3/c26-25(27,28)17-1-3-19(4-2-17)31-11-8-20(9-12-31)33-21-5-6-22-16(13-21)14-23(34-22)24(32)30-18-7-10-29-15-18/h1-6,13,18,20,23,29H,7-12,14-15H2,(H,30,32)/t18-,23?/m1/s1. The van der Waals surface area contributed by atoms with Gasteiger partial charge in [-0.1, -0.05) is 0 Å². The third kappa shape index (κ3) is 5.09. The minimum absolute atomic E-state index is 0.0278. The molecule has 0 aromatic heterocycles. The Labute approximate surface area is 196 Å². The number of piperidine rings is 1. The second-order valence-electron chi connectivity index (χ2n) is 9.13. The van der Waals surface area contributed by atoms with Crippen LogP contribution in [0.3, 0.4) is 0 Å². The van der Waals surface area contributed by atoms with Gasteiger partial charge in [-0.2, -0.15) is 13.2 Å². The van der Waals surface area contributed by atoms with Crippen molar-refractivity contribution < 1.29 is 27.4 Å². The van der Waals surface area contributed by atoms with Crippen LogP contribution in [-0.2, 0) is 17.4 Å². The first-order valence-corrected chi connectivity index (χ1v) is 11.7. The van der Waals surface area contributed by atoms with Gasteiger partial charge < -0.3 is 25.0 Å². The molecule has 0 spiro atoms. The molecule has 0 radical (unpaired) electrons. The zero-order chi connectivity index (χ0) is 23.7. The van der Waals surface area contributed by atoms with E-state index in [0.29, 0.717) is 25.3 Å².